The molecule has 2 heterocycles. The van der Waals surface area contributed by atoms with Crippen LogP contribution in [0.2, 0.25) is 10.0 Å². The van der Waals surface area contributed by atoms with Crippen molar-refractivity contribution >= 4 is 40.8 Å². The van der Waals surface area contributed by atoms with Crippen LogP contribution < -0.4 is 0 Å². The highest BCUT2D eigenvalue weighted by atomic mass is 35.5. The Morgan fingerprint density at radius 2 is 1.72 bits per heavy atom. The fourth-order valence-electron chi connectivity index (χ4n) is 6.22. The van der Waals surface area contributed by atoms with Crippen LogP contribution in [-0.4, -0.2) is 65.4 Å². The minimum absolute atomic E-state index is 0.0730. The fourth-order valence-corrected chi connectivity index (χ4v) is 6.52. The highest BCUT2D eigenvalue weighted by Gasteiger charge is 2.47. The molecular weight excluding hydrogens is 533 g/mol. The molecular formula is C31H35Cl2N3O3. The summed E-state index contributed by atoms with van der Waals surface area (Å²) in [6.45, 7) is 9.63. The van der Waals surface area contributed by atoms with Gasteiger partial charge in [-0.1, -0.05) is 79.0 Å². The first kappa shape index (κ1) is 27.6. The SMILES string of the molecule is C=C(c1ccc(Cl)c(Cl)c1)N1CCN(C2=C(C(=O)OCC)C(=O)N(Cc3ccccc3)C3CCCCC23)CC1. The van der Waals surface area contributed by atoms with Gasteiger partial charge >= 0.3 is 5.97 Å². The molecule has 2 aromatic rings. The van der Waals surface area contributed by atoms with Crippen molar-refractivity contribution in [1.82, 2.24) is 14.7 Å². The van der Waals surface area contributed by atoms with E-state index in [0.717, 1.165) is 61.3 Å². The van der Waals surface area contributed by atoms with Gasteiger partial charge in [-0.3, -0.25) is 4.79 Å². The molecule has 1 amide bonds. The Hall–Kier alpha value is -2.96. The van der Waals surface area contributed by atoms with Gasteiger partial charge in [0.25, 0.3) is 5.91 Å². The summed E-state index contributed by atoms with van der Waals surface area (Å²) >= 11 is 12.4. The number of halogens is 2. The lowest BCUT2D eigenvalue weighted by Crippen LogP contribution is -2.56. The molecule has 39 heavy (non-hydrogen) atoms. The van der Waals surface area contributed by atoms with E-state index in [0.29, 0.717) is 29.7 Å². The zero-order chi connectivity index (χ0) is 27.5. The van der Waals surface area contributed by atoms with Crippen LogP contribution in [0.5, 0.6) is 0 Å². The van der Waals surface area contributed by atoms with E-state index in [1.54, 1.807) is 13.0 Å². The summed E-state index contributed by atoms with van der Waals surface area (Å²) < 4.78 is 5.47. The molecule has 2 aliphatic heterocycles. The molecule has 0 radical (unpaired) electrons. The second-order valence-electron chi connectivity index (χ2n) is 10.4. The monoisotopic (exact) mass is 567 g/mol. The van der Waals surface area contributed by atoms with Gasteiger partial charge in [0, 0.05) is 56.1 Å². The molecule has 1 saturated heterocycles. The van der Waals surface area contributed by atoms with Crippen LogP contribution in [0.4, 0.5) is 0 Å². The molecule has 6 nitrogen and oxygen atoms in total. The summed E-state index contributed by atoms with van der Waals surface area (Å²) in [4.78, 5) is 33.8. The normalized spacial score (nSPS) is 21.6. The maximum atomic E-state index is 14.1. The standard InChI is InChI=1S/C31H35Cl2N3O3/c1-3-39-31(38)28-29(35-17-15-34(16-18-35)21(2)23-13-14-25(32)26(33)19-23)24-11-7-8-12-27(24)36(30(28)37)20-22-9-5-4-6-10-22/h4-6,9-10,13-14,19,24,27H,2-3,7-8,11-12,15-18,20H2,1H3. The Balaban J connectivity index is 1.43. The van der Waals surface area contributed by atoms with Crippen molar-refractivity contribution in [2.75, 3.05) is 32.8 Å². The molecule has 3 aliphatic rings. The largest absolute Gasteiger partial charge is 0.462 e. The minimum atomic E-state index is -0.512. The summed E-state index contributed by atoms with van der Waals surface area (Å²) in [7, 11) is 0. The average Bonchev–Trinajstić information content (AvgIpc) is 2.96. The van der Waals surface area contributed by atoms with E-state index in [9.17, 15) is 9.59 Å². The molecule has 2 fully saturated rings. The zero-order valence-electron chi connectivity index (χ0n) is 22.4. The zero-order valence-corrected chi connectivity index (χ0v) is 23.9. The summed E-state index contributed by atoms with van der Waals surface area (Å²) in [5, 5.41) is 1.02. The molecule has 0 bridgehead atoms. The van der Waals surface area contributed by atoms with Crippen molar-refractivity contribution in [3.63, 3.8) is 0 Å². The van der Waals surface area contributed by atoms with Crippen LogP contribution in [-0.2, 0) is 20.9 Å². The molecule has 2 aromatic carbocycles. The van der Waals surface area contributed by atoms with Gasteiger partial charge in [0.2, 0.25) is 0 Å². The lowest BCUT2D eigenvalue weighted by atomic mass is 9.76. The Bertz CT molecular complexity index is 1270. The van der Waals surface area contributed by atoms with Gasteiger partial charge in [0.1, 0.15) is 5.57 Å². The molecule has 0 N–H and O–H groups in total. The smallest absolute Gasteiger partial charge is 0.345 e. The van der Waals surface area contributed by atoms with Crippen molar-refractivity contribution in [2.45, 2.75) is 45.2 Å². The van der Waals surface area contributed by atoms with Gasteiger partial charge in [-0.2, -0.15) is 0 Å². The number of ether oxygens (including phenoxy) is 1. The second kappa shape index (κ2) is 12.1. The van der Waals surface area contributed by atoms with Crippen LogP contribution in [0, 0.1) is 5.92 Å². The van der Waals surface area contributed by atoms with E-state index >= 15 is 0 Å². The van der Waals surface area contributed by atoms with Crippen molar-refractivity contribution in [2.24, 2.45) is 5.92 Å². The van der Waals surface area contributed by atoms with Gasteiger partial charge < -0.3 is 19.4 Å². The summed E-state index contributed by atoms with van der Waals surface area (Å²) in [6, 6.07) is 15.7. The number of hydrogen-bond acceptors (Lipinski definition) is 5. The average molecular weight is 569 g/mol. The number of fused-ring (bicyclic) bond motifs is 1. The Labute approximate surface area is 240 Å². The number of nitrogens with zero attached hydrogens (tertiary/aromatic N) is 3. The number of piperazine rings is 1. The third kappa shape index (κ3) is 5.68. The number of rotatable bonds is 7. The number of carbonyl (C=O) groups excluding carboxylic acids is 2. The first-order valence-electron chi connectivity index (χ1n) is 13.8. The lowest BCUT2D eigenvalue weighted by Gasteiger charge is -2.49. The molecule has 206 valence electrons. The number of esters is 1. The summed E-state index contributed by atoms with van der Waals surface area (Å²) in [5.41, 5.74) is 3.98. The third-order valence-electron chi connectivity index (χ3n) is 8.14. The Morgan fingerprint density at radius 3 is 2.41 bits per heavy atom. The van der Waals surface area contributed by atoms with Gasteiger partial charge in [-0.15, -0.1) is 0 Å². The van der Waals surface area contributed by atoms with Crippen molar-refractivity contribution in [1.29, 1.82) is 0 Å². The quantitative estimate of drug-likeness (QED) is 0.303. The van der Waals surface area contributed by atoms with Crippen molar-refractivity contribution in [3.8, 4) is 0 Å². The number of carbonyl (C=O) groups is 2. The van der Waals surface area contributed by atoms with E-state index < -0.39 is 5.97 Å². The van der Waals surface area contributed by atoms with E-state index in [1.165, 1.54) is 0 Å². The second-order valence-corrected chi connectivity index (χ2v) is 11.2. The Kier molecular flexibility index (Phi) is 8.53. The molecule has 1 aliphatic carbocycles. The van der Waals surface area contributed by atoms with Gasteiger partial charge in [0.15, 0.2) is 0 Å². The maximum absolute atomic E-state index is 14.1. The molecule has 0 aromatic heterocycles. The first-order valence-corrected chi connectivity index (χ1v) is 14.5. The van der Waals surface area contributed by atoms with Crippen LogP contribution >= 0.6 is 23.2 Å². The van der Waals surface area contributed by atoms with Crippen LogP contribution in [0.25, 0.3) is 5.70 Å². The van der Waals surface area contributed by atoms with E-state index in [4.69, 9.17) is 27.9 Å². The van der Waals surface area contributed by atoms with Crippen LogP contribution in [0.3, 0.4) is 0 Å². The predicted octanol–water partition coefficient (Wildman–Crippen LogP) is 6.00. The number of amides is 1. The summed E-state index contributed by atoms with van der Waals surface area (Å²) in [5.74, 6) is -0.607. The topological polar surface area (TPSA) is 53.1 Å². The molecule has 0 spiro atoms. The first-order chi connectivity index (χ1) is 18.9. The predicted molar refractivity (Wildman–Crippen MR) is 155 cm³/mol. The highest BCUT2D eigenvalue weighted by Crippen LogP contribution is 2.42. The lowest BCUT2D eigenvalue weighted by molar-refractivity contribution is -0.145. The van der Waals surface area contributed by atoms with Crippen LogP contribution in [0.15, 0.2) is 66.4 Å². The molecule has 2 atom stereocenters. The number of benzene rings is 2. The fraction of sp³-hybridized carbons (Fsp3) is 0.419. The van der Waals surface area contributed by atoms with E-state index in [1.807, 2.05) is 47.4 Å². The Morgan fingerprint density at radius 1 is 1.00 bits per heavy atom. The molecule has 8 heteroatoms. The van der Waals surface area contributed by atoms with E-state index in [2.05, 4.69) is 16.4 Å². The van der Waals surface area contributed by atoms with E-state index in [-0.39, 0.29) is 30.0 Å². The summed E-state index contributed by atoms with van der Waals surface area (Å²) in [6.07, 6.45) is 4.07. The molecule has 1 saturated carbocycles. The van der Waals surface area contributed by atoms with Gasteiger partial charge in [-0.25, -0.2) is 4.79 Å². The van der Waals surface area contributed by atoms with Crippen molar-refractivity contribution < 1.29 is 14.3 Å². The third-order valence-corrected chi connectivity index (χ3v) is 8.88. The minimum Gasteiger partial charge on any atom is -0.462 e. The van der Waals surface area contributed by atoms with Gasteiger partial charge in [0.05, 0.1) is 16.7 Å². The van der Waals surface area contributed by atoms with Gasteiger partial charge in [-0.05, 0) is 43.0 Å². The molecule has 2 unspecified atom stereocenters. The maximum Gasteiger partial charge on any atom is 0.345 e. The van der Waals surface area contributed by atoms with Crippen molar-refractivity contribution in [3.05, 3.63) is 87.6 Å². The highest BCUT2D eigenvalue weighted by molar-refractivity contribution is 6.42. The van der Waals surface area contributed by atoms with Crippen LogP contribution in [0.1, 0.15) is 43.7 Å². The molecule has 5 rings (SSSR count). The number of hydrogen-bond donors (Lipinski definition) is 0.